The molecule has 0 bridgehead atoms. The summed E-state index contributed by atoms with van der Waals surface area (Å²) in [6.45, 7) is 0.531. The molecule has 3 aliphatic rings. The summed E-state index contributed by atoms with van der Waals surface area (Å²) in [6.07, 6.45) is 7.42. The molecule has 4 rings (SSSR count). The average Bonchev–Trinajstić information content (AvgIpc) is 2.64. The predicted octanol–water partition coefficient (Wildman–Crippen LogP) is 1.42. The van der Waals surface area contributed by atoms with Gasteiger partial charge in [-0.3, -0.25) is 14.5 Å². The first-order valence-electron chi connectivity index (χ1n) is 8.40. The van der Waals surface area contributed by atoms with Crippen LogP contribution in [0, 0.1) is 5.92 Å². The molecule has 1 N–H and O–H groups in total. The summed E-state index contributed by atoms with van der Waals surface area (Å²) in [5, 5.41) is 9.63. The number of phenolic OH excluding ortho intramolecular Hbond substituents is 1. The van der Waals surface area contributed by atoms with Crippen LogP contribution in [0.25, 0.3) is 0 Å². The van der Waals surface area contributed by atoms with Crippen molar-refractivity contribution >= 4 is 23.6 Å². The molecule has 2 heterocycles. The number of hydrogen-bond donors (Lipinski definition) is 1. The Labute approximate surface area is 149 Å². The lowest BCUT2D eigenvalue weighted by atomic mass is 9.95. The van der Waals surface area contributed by atoms with Crippen LogP contribution in [0.3, 0.4) is 0 Å². The molecule has 0 radical (unpaired) electrons. The summed E-state index contributed by atoms with van der Waals surface area (Å²) in [7, 11) is 0. The molecular weight excluding hydrogens is 334 g/mol. The second kappa shape index (κ2) is 6.25. The number of amides is 4. The van der Waals surface area contributed by atoms with Gasteiger partial charge in [0.15, 0.2) is 0 Å². The van der Waals surface area contributed by atoms with Gasteiger partial charge in [0.05, 0.1) is 11.6 Å². The lowest BCUT2D eigenvalue weighted by Gasteiger charge is -2.32. The SMILES string of the molecule is O=C(CN1C(=O)N=C2C=CC=CC2C1=O)N1CCc2ccc(O)cc2C1. The number of hydrogen-bond acceptors (Lipinski definition) is 4. The van der Waals surface area contributed by atoms with E-state index in [0.29, 0.717) is 25.2 Å². The van der Waals surface area contributed by atoms with Crippen LogP contribution in [-0.2, 0) is 22.6 Å². The van der Waals surface area contributed by atoms with E-state index in [1.165, 1.54) is 0 Å². The smallest absolute Gasteiger partial charge is 0.351 e. The Morgan fingerprint density at radius 2 is 2.08 bits per heavy atom. The molecule has 2 aliphatic heterocycles. The van der Waals surface area contributed by atoms with Gasteiger partial charge in [0.1, 0.15) is 12.3 Å². The summed E-state index contributed by atoms with van der Waals surface area (Å²) in [6, 6.07) is 4.42. The Bertz CT molecular complexity index is 900. The lowest BCUT2D eigenvalue weighted by Crippen LogP contribution is -2.51. The molecule has 0 saturated carbocycles. The van der Waals surface area contributed by atoms with Crippen LogP contribution < -0.4 is 0 Å². The summed E-state index contributed by atoms with van der Waals surface area (Å²) >= 11 is 0. The molecule has 1 atom stereocenters. The molecule has 0 saturated heterocycles. The number of carbonyl (C=O) groups excluding carboxylic acids is 3. The van der Waals surface area contributed by atoms with E-state index in [0.717, 1.165) is 16.0 Å². The van der Waals surface area contributed by atoms with Crippen LogP contribution in [0.5, 0.6) is 5.75 Å². The van der Waals surface area contributed by atoms with Crippen molar-refractivity contribution < 1.29 is 19.5 Å². The molecular formula is C19H17N3O4. The highest BCUT2D eigenvalue weighted by atomic mass is 16.3. The molecule has 0 fully saturated rings. The van der Waals surface area contributed by atoms with E-state index in [1.807, 2.05) is 6.07 Å². The number of fused-ring (bicyclic) bond motifs is 2. The molecule has 26 heavy (non-hydrogen) atoms. The van der Waals surface area contributed by atoms with Gasteiger partial charge < -0.3 is 10.0 Å². The largest absolute Gasteiger partial charge is 0.508 e. The first-order valence-corrected chi connectivity index (χ1v) is 8.40. The molecule has 1 unspecified atom stereocenters. The second-order valence-electron chi connectivity index (χ2n) is 6.48. The van der Waals surface area contributed by atoms with Gasteiger partial charge in [-0.05, 0) is 35.8 Å². The van der Waals surface area contributed by atoms with E-state index in [1.54, 1.807) is 41.3 Å². The van der Waals surface area contributed by atoms with Crippen molar-refractivity contribution in [3.63, 3.8) is 0 Å². The van der Waals surface area contributed by atoms with Crippen LogP contribution in [0.4, 0.5) is 4.79 Å². The first-order chi connectivity index (χ1) is 12.5. The van der Waals surface area contributed by atoms with Crippen LogP contribution in [0.2, 0.25) is 0 Å². The minimum atomic E-state index is -0.704. The predicted molar refractivity (Wildman–Crippen MR) is 93.5 cm³/mol. The number of allylic oxidation sites excluding steroid dienone is 3. The van der Waals surface area contributed by atoms with Gasteiger partial charge in [-0.15, -0.1) is 0 Å². The third kappa shape index (κ3) is 2.81. The Balaban J connectivity index is 1.49. The topological polar surface area (TPSA) is 90.3 Å². The number of nitrogens with zero attached hydrogens (tertiary/aromatic N) is 3. The zero-order valence-corrected chi connectivity index (χ0v) is 14.0. The molecule has 7 nitrogen and oxygen atoms in total. The Kier molecular flexibility index (Phi) is 3.91. The number of aromatic hydroxyl groups is 1. The molecule has 4 amide bonds. The summed E-state index contributed by atoms with van der Waals surface area (Å²) in [5.41, 5.74) is 2.38. The van der Waals surface area contributed by atoms with Crippen molar-refractivity contribution in [1.29, 1.82) is 0 Å². The Morgan fingerprint density at radius 1 is 1.23 bits per heavy atom. The van der Waals surface area contributed by atoms with Crippen molar-refractivity contribution in [2.75, 3.05) is 13.1 Å². The van der Waals surface area contributed by atoms with Crippen LogP contribution in [-0.4, -0.2) is 51.6 Å². The molecule has 0 aromatic heterocycles. The van der Waals surface area contributed by atoms with E-state index in [2.05, 4.69) is 4.99 Å². The summed E-state index contributed by atoms with van der Waals surface area (Å²) in [5.74, 6) is -1.19. The molecule has 1 aliphatic carbocycles. The first kappa shape index (κ1) is 16.3. The molecule has 7 heteroatoms. The molecule has 1 aromatic rings. The number of rotatable bonds is 2. The number of benzene rings is 1. The van der Waals surface area contributed by atoms with Crippen LogP contribution in [0.1, 0.15) is 11.1 Å². The highest BCUT2D eigenvalue weighted by Gasteiger charge is 2.37. The molecule has 132 valence electrons. The maximum absolute atomic E-state index is 12.6. The van der Waals surface area contributed by atoms with Gasteiger partial charge in [-0.1, -0.05) is 24.3 Å². The average molecular weight is 351 g/mol. The van der Waals surface area contributed by atoms with Crippen molar-refractivity contribution in [3.05, 3.63) is 53.6 Å². The quantitative estimate of drug-likeness (QED) is 0.872. The van der Waals surface area contributed by atoms with Crippen molar-refractivity contribution in [3.8, 4) is 5.75 Å². The normalized spacial score (nSPS) is 21.4. The monoisotopic (exact) mass is 351 g/mol. The number of phenols is 1. The van der Waals surface area contributed by atoms with Gasteiger partial charge in [0.2, 0.25) is 11.8 Å². The minimum absolute atomic E-state index is 0.151. The van der Waals surface area contributed by atoms with Crippen molar-refractivity contribution in [2.45, 2.75) is 13.0 Å². The highest BCUT2D eigenvalue weighted by Crippen LogP contribution is 2.24. The van der Waals surface area contributed by atoms with Gasteiger partial charge in [0.25, 0.3) is 0 Å². The molecule has 1 aromatic carbocycles. The zero-order chi connectivity index (χ0) is 18.3. The molecule has 0 spiro atoms. The number of urea groups is 1. The fourth-order valence-electron chi connectivity index (χ4n) is 3.42. The van der Waals surface area contributed by atoms with E-state index < -0.39 is 17.9 Å². The maximum Gasteiger partial charge on any atom is 0.351 e. The van der Waals surface area contributed by atoms with E-state index in [-0.39, 0.29) is 18.2 Å². The van der Waals surface area contributed by atoms with Crippen LogP contribution >= 0.6 is 0 Å². The summed E-state index contributed by atoms with van der Waals surface area (Å²) < 4.78 is 0. The number of carbonyl (C=O) groups is 3. The van der Waals surface area contributed by atoms with Gasteiger partial charge in [0, 0.05) is 13.1 Å². The Hall–Kier alpha value is -3.22. The highest BCUT2D eigenvalue weighted by molar-refractivity contribution is 6.22. The maximum atomic E-state index is 12.6. The van der Waals surface area contributed by atoms with Gasteiger partial charge in [-0.2, -0.15) is 4.99 Å². The summed E-state index contributed by atoms with van der Waals surface area (Å²) in [4.78, 5) is 43.8. The van der Waals surface area contributed by atoms with E-state index >= 15 is 0 Å². The van der Waals surface area contributed by atoms with Gasteiger partial charge in [-0.25, -0.2) is 4.79 Å². The Morgan fingerprint density at radius 3 is 2.92 bits per heavy atom. The van der Waals surface area contributed by atoms with Crippen molar-refractivity contribution in [2.24, 2.45) is 10.9 Å². The van der Waals surface area contributed by atoms with Gasteiger partial charge >= 0.3 is 6.03 Å². The third-order valence-electron chi connectivity index (χ3n) is 4.84. The van der Waals surface area contributed by atoms with E-state index in [9.17, 15) is 19.5 Å². The fourth-order valence-corrected chi connectivity index (χ4v) is 3.42. The number of imide groups is 1. The third-order valence-corrected chi connectivity index (χ3v) is 4.84. The zero-order valence-electron chi connectivity index (χ0n) is 14.0. The fraction of sp³-hybridized carbons (Fsp3) is 0.263. The lowest BCUT2D eigenvalue weighted by molar-refractivity contribution is -0.139. The standard InChI is InChI=1S/C19H17N3O4/c23-14-6-5-12-7-8-21(10-13(12)9-14)17(24)11-22-18(25)15-3-1-2-4-16(15)20-19(22)26/h1-6,9,15,23H,7-8,10-11H2. The second-order valence-corrected chi connectivity index (χ2v) is 6.48. The van der Waals surface area contributed by atoms with Crippen molar-refractivity contribution in [1.82, 2.24) is 9.80 Å². The van der Waals surface area contributed by atoms with Crippen LogP contribution in [0.15, 0.2) is 47.5 Å². The minimum Gasteiger partial charge on any atom is -0.508 e. The number of aliphatic imine (C=N–C) groups is 1. The van der Waals surface area contributed by atoms with E-state index in [4.69, 9.17) is 0 Å².